The first-order chi connectivity index (χ1) is 12.1. The lowest BCUT2D eigenvalue weighted by molar-refractivity contribution is 0.564. The highest BCUT2D eigenvalue weighted by Crippen LogP contribution is 2.37. The molecule has 5 nitrogen and oxygen atoms in total. The van der Waals surface area contributed by atoms with E-state index in [-0.39, 0.29) is 5.02 Å². The number of para-hydroxylation sites is 1. The Morgan fingerprint density at radius 3 is 2.60 bits per heavy atom. The van der Waals surface area contributed by atoms with Gasteiger partial charge in [0, 0.05) is 24.3 Å². The van der Waals surface area contributed by atoms with Gasteiger partial charge in [-0.3, -0.25) is 0 Å². The fourth-order valence-corrected chi connectivity index (χ4v) is 3.20. The topological polar surface area (TPSA) is 59.2 Å². The normalized spacial score (nSPS) is 11.2. The third-order valence-electron chi connectivity index (χ3n) is 4.15. The second kappa shape index (κ2) is 5.86. The van der Waals surface area contributed by atoms with E-state index in [9.17, 15) is 4.79 Å². The number of aromatic nitrogens is 2. The predicted molar refractivity (Wildman–Crippen MR) is 99.8 cm³/mol. The number of halogens is 1. The molecule has 0 aliphatic carbocycles. The summed E-state index contributed by atoms with van der Waals surface area (Å²) in [6.45, 7) is 1.82. The molecule has 2 heterocycles. The number of rotatable bonds is 2. The Balaban J connectivity index is 2.08. The van der Waals surface area contributed by atoms with E-state index >= 15 is 0 Å². The Bertz CT molecular complexity index is 1160. The van der Waals surface area contributed by atoms with E-state index in [0.29, 0.717) is 22.5 Å². The highest BCUT2D eigenvalue weighted by atomic mass is 35.5. The van der Waals surface area contributed by atoms with Gasteiger partial charge in [0.05, 0.1) is 16.6 Å². The summed E-state index contributed by atoms with van der Waals surface area (Å²) in [6, 6.07) is 13.4. The number of anilines is 2. The zero-order valence-corrected chi connectivity index (χ0v) is 14.4. The minimum atomic E-state index is -0.583. The number of hydrogen-bond acceptors (Lipinski definition) is 5. The average Bonchev–Trinajstić information content (AvgIpc) is 2.63. The molecule has 0 N–H and O–H groups in total. The summed E-state index contributed by atoms with van der Waals surface area (Å²) < 4.78 is 5.48. The van der Waals surface area contributed by atoms with Crippen LogP contribution in [0, 0.1) is 6.92 Å². The van der Waals surface area contributed by atoms with Crippen LogP contribution < -0.4 is 10.5 Å². The van der Waals surface area contributed by atoms with Crippen molar-refractivity contribution in [3.63, 3.8) is 0 Å². The van der Waals surface area contributed by atoms with E-state index in [0.717, 1.165) is 16.6 Å². The molecule has 0 amide bonds. The molecule has 0 aliphatic rings. The Hall–Kier alpha value is -2.92. The molecular formula is C19H14ClN3O2. The smallest absolute Gasteiger partial charge is 0.357 e. The highest BCUT2D eigenvalue weighted by Gasteiger charge is 2.19. The quantitative estimate of drug-likeness (QED) is 0.394. The molecule has 2 aromatic heterocycles. The molecule has 4 aromatic rings. The summed E-state index contributed by atoms with van der Waals surface area (Å²) in [5, 5.41) is 1.46. The zero-order chi connectivity index (χ0) is 17.6. The molecule has 25 heavy (non-hydrogen) atoms. The van der Waals surface area contributed by atoms with Crippen molar-refractivity contribution in [3.05, 3.63) is 69.9 Å². The van der Waals surface area contributed by atoms with Gasteiger partial charge in [0.1, 0.15) is 5.82 Å². The van der Waals surface area contributed by atoms with Crippen LogP contribution in [0.15, 0.2) is 57.9 Å². The fourth-order valence-electron chi connectivity index (χ4n) is 2.93. The first-order valence-corrected chi connectivity index (χ1v) is 8.11. The van der Waals surface area contributed by atoms with Crippen LogP contribution in [0.4, 0.5) is 11.4 Å². The van der Waals surface area contributed by atoms with Crippen molar-refractivity contribution in [1.82, 2.24) is 9.97 Å². The van der Waals surface area contributed by atoms with Crippen molar-refractivity contribution in [2.45, 2.75) is 6.92 Å². The third kappa shape index (κ3) is 2.53. The average molecular weight is 352 g/mol. The summed E-state index contributed by atoms with van der Waals surface area (Å²) in [5.41, 5.74) is 2.08. The van der Waals surface area contributed by atoms with Gasteiger partial charge in [-0.1, -0.05) is 29.8 Å². The van der Waals surface area contributed by atoms with Gasteiger partial charge in [-0.2, -0.15) is 0 Å². The molecule has 0 fully saturated rings. The summed E-state index contributed by atoms with van der Waals surface area (Å²) >= 11 is 6.31. The molecule has 4 rings (SSSR count). The van der Waals surface area contributed by atoms with E-state index in [1.807, 2.05) is 61.3 Å². The molecule has 124 valence electrons. The van der Waals surface area contributed by atoms with Crippen molar-refractivity contribution in [2.75, 3.05) is 11.9 Å². The minimum absolute atomic E-state index is 0.0474. The number of benzene rings is 2. The van der Waals surface area contributed by atoms with Gasteiger partial charge in [0.2, 0.25) is 0 Å². The van der Waals surface area contributed by atoms with Gasteiger partial charge in [-0.15, -0.1) is 0 Å². The van der Waals surface area contributed by atoms with E-state index < -0.39 is 5.63 Å². The number of hydrogen-bond donors (Lipinski definition) is 0. The molecule has 0 spiro atoms. The first-order valence-electron chi connectivity index (χ1n) is 7.73. The summed E-state index contributed by atoms with van der Waals surface area (Å²) in [6.07, 6.45) is 1.67. The van der Waals surface area contributed by atoms with Crippen molar-refractivity contribution in [2.24, 2.45) is 0 Å². The molecule has 0 bridgehead atoms. The zero-order valence-electron chi connectivity index (χ0n) is 13.7. The number of aryl methyl sites for hydroxylation is 1. The van der Waals surface area contributed by atoms with Crippen molar-refractivity contribution in [1.29, 1.82) is 0 Å². The van der Waals surface area contributed by atoms with Crippen LogP contribution in [-0.4, -0.2) is 17.0 Å². The summed E-state index contributed by atoms with van der Waals surface area (Å²) in [5.74, 6) is 0.657. The number of fused-ring (bicyclic) bond motifs is 3. The molecular weight excluding hydrogens is 338 g/mol. The van der Waals surface area contributed by atoms with Crippen LogP contribution in [0.3, 0.4) is 0 Å². The first kappa shape index (κ1) is 15.6. The van der Waals surface area contributed by atoms with Crippen LogP contribution in [0.1, 0.15) is 5.82 Å². The van der Waals surface area contributed by atoms with E-state index in [1.54, 1.807) is 6.20 Å². The Morgan fingerprint density at radius 1 is 1.08 bits per heavy atom. The van der Waals surface area contributed by atoms with Crippen molar-refractivity contribution < 1.29 is 4.42 Å². The SMILES string of the molecule is Cc1ncc2c(ccc3c(N(C)c4ccccc4)c(Cl)c(=O)oc32)n1. The largest absolute Gasteiger partial charge is 0.421 e. The maximum atomic E-state index is 12.3. The van der Waals surface area contributed by atoms with E-state index in [2.05, 4.69) is 9.97 Å². The monoisotopic (exact) mass is 351 g/mol. The Morgan fingerprint density at radius 2 is 1.84 bits per heavy atom. The Kier molecular flexibility index (Phi) is 3.66. The van der Waals surface area contributed by atoms with Crippen molar-refractivity contribution in [3.8, 4) is 0 Å². The van der Waals surface area contributed by atoms with Gasteiger partial charge in [-0.05, 0) is 31.2 Å². The molecule has 0 unspecified atom stereocenters. The predicted octanol–water partition coefficient (Wildman–Crippen LogP) is 4.47. The lowest BCUT2D eigenvalue weighted by Gasteiger charge is -2.22. The van der Waals surface area contributed by atoms with Crippen LogP contribution in [0.2, 0.25) is 5.02 Å². The van der Waals surface area contributed by atoms with E-state index in [1.165, 1.54) is 0 Å². The third-order valence-corrected chi connectivity index (χ3v) is 4.49. The van der Waals surface area contributed by atoms with Crippen LogP contribution >= 0.6 is 11.6 Å². The molecule has 0 saturated heterocycles. The second-order valence-corrected chi connectivity index (χ2v) is 6.12. The van der Waals surface area contributed by atoms with Gasteiger partial charge in [-0.25, -0.2) is 14.8 Å². The molecule has 0 atom stereocenters. The lowest BCUT2D eigenvalue weighted by atomic mass is 10.1. The molecule has 0 saturated carbocycles. The second-order valence-electron chi connectivity index (χ2n) is 5.74. The Labute approximate surface area is 148 Å². The van der Waals surface area contributed by atoms with Crippen LogP contribution in [0.5, 0.6) is 0 Å². The van der Waals surface area contributed by atoms with Gasteiger partial charge in [0.25, 0.3) is 0 Å². The summed E-state index contributed by atoms with van der Waals surface area (Å²) in [7, 11) is 1.87. The summed E-state index contributed by atoms with van der Waals surface area (Å²) in [4.78, 5) is 22.8. The molecule has 0 radical (unpaired) electrons. The highest BCUT2D eigenvalue weighted by molar-refractivity contribution is 6.35. The van der Waals surface area contributed by atoms with Gasteiger partial charge < -0.3 is 9.32 Å². The number of nitrogens with zero attached hydrogens (tertiary/aromatic N) is 3. The lowest BCUT2D eigenvalue weighted by Crippen LogP contribution is -2.14. The fraction of sp³-hybridized carbons (Fsp3) is 0.105. The van der Waals surface area contributed by atoms with Crippen LogP contribution in [-0.2, 0) is 0 Å². The van der Waals surface area contributed by atoms with Crippen molar-refractivity contribution >= 4 is 44.8 Å². The maximum absolute atomic E-state index is 12.3. The van der Waals surface area contributed by atoms with Gasteiger partial charge >= 0.3 is 5.63 Å². The van der Waals surface area contributed by atoms with Gasteiger partial charge in [0.15, 0.2) is 10.6 Å². The van der Waals surface area contributed by atoms with E-state index in [4.69, 9.17) is 16.0 Å². The minimum Gasteiger partial charge on any atom is -0.421 e. The standard InChI is InChI=1S/C19H14ClN3O2/c1-11-21-10-14-15(22-11)9-8-13-17(16(20)19(24)25-18(13)14)23(2)12-6-4-3-5-7-12/h3-10H,1-2H3. The maximum Gasteiger partial charge on any atom is 0.357 e. The molecule has 2 aromatic carbocycles. The van der Waals surface area contributed by atoms with Crippen LogP contribution in [0.25, 0.3) is 21.9 Å². The molecule has 6 heteroatoms. The molecule has 0 aliphatic heterocycles.